The zero-order valence-corrected chi connectivity index (χ0v) is 36.7. The summed E-state index contributed by atoms with van der Waals surface area (Å²) >= 11 is 0. The van der Waals surface area contributed by atoms with Gasteiger partial charge in [0, 0.05) is 30.0 Å². The third-order valence-electron chi connectivity index (χ3n) is 16.8. The van der Waals surface area contributed by atoms with Crippen LogP contribution in [0.3, 0.4) is 0 Å². The first-order valence-electron chi connectivity index (χ1n) is 21.7. The third kappa shape index (κ3) is 7.20. The van der Waals surface area contributed by atoms with Gasteiger partial charge in [0.2, 0.25) is 5.91 Å². The number of aromatic nitrogens is 1. The smallest absolute Gasteiger partial charge is 0.309 e. The van der Waals surface area contributed by atoms with Crippen LogP contribution in [-0.2, 0) is 30.5 Å². The van der Waals surface area contributed by atoms with Crippen molar-refractivity contribution < 1.29 is 34.1 Å². The molecule has 0 spiro atoms. The largest absolute Gasteiger partial charge is 0.481 e. The SMILES string of the molecule is CC(C)C1=C2[C@H]3CC[C@@H]4[C@@]5(C)CC[C@H](OC(=O)CC(C)(C)C(=O)O)C(C)(C)C5CC[C@@]4(C)[C@]3(C)CCC2([C@@H](O)CN(Cc2ccccn2)C(=O)CN(C)C)CC1=O. The Morgan fingerprint density at radius 2 is 1.65 bits per heavy atom. The van der Waals surface area contributed by atoms with Gasteiger partial charge in [-0.25, -0.2) is 0 Å². The molecule has 0 bridgehead atoms. The standard InChI is InChI=1S/C47H71N3O7/c1-29(2)39-32(51)24-47(35(52)27-50(37(53)28-49(10)11)26-30-14-12-13-23-48-30)22-21-45(8)31(40(39)47)15-16-34-44(7)19-18-36(57-38(54)25-42(3,4)41(55)56)43(5,6)33(44)17-20-46(34,45)9/h12-14,23,29,31,33-36,52H,15-22,24-28H2,1-11H3,(H,55,56)/t31-,33?,34-,35+,36+,44+,45-,46-,47?/m1/s1. The molecule has 1 amide bonds. The molecule has 2 N–H and O–H groups in total. The van der Waals surface area contributed by atoms with Crippen LogP contribution < -0.4 is 0 Å². The number of carbonyl (C=O) groups excluding carboxylic acids is 3. The van der Waals surface area contributed by atoms with E-state index in [4.69, 9.17) is 4.74 Å². The van der Waals surface area contributed by atoms with E-state index in [1.165, 1.54) is 5.57 Å². The molecule has 1 aromatic rings. The fourth-order valence-corrected chi connectivity index (χ4v) is 13.6. The number of aliphatic hydroxyl groups excluding tert-OH is 1. The highest BCUT2D eigenvalue weighted by Crippen LogP contribution is 2.77. The number of fused-ring (bicyclic) bond motifs is 7. The topological polar surface area (TPSA) is 137 Å². The van der Waals surface area contributed by atoms with Gasteiger partial charge in [-0.2, -0.15) is 0 Å². The Labute approximate surface area is 341 Å². The van der Waals surface area contributed by atoms with E-state index >= 15 is 0 Å². The van der Waals surface area contributed by atoms with Crippen molar-refractivity contribution in [1.82, 2.24) is 14.8 Å². The Bertz CT molecular complexity index is 1770. The van der Waals surface area contributed by atoms with E-state index in [0.717, 1.165) is 56.2 Å². The van der Waals surface area contributed by atoms with E-state index in [2.05, 4.69) is 53.5 Å². The number of carbonyl (C=O) groups is 4. The number of ether oxygens (including phenoxy) is 1. The number of ketones is 1. The zero-order valence-electron chi connectivity index (χ0n) is 36.7. The fraction of sp³-hybridized carbons (Fsp3) is 0.766. The van der Waals surface area contributed by atoms with Gasteiger partial charge >= 0.3 is 11.9 Å². The van der Waals surface area contributed by atoms with Crippen molar-refractivity contribution in [2.75, 3.05) is 27.2 Å². The molecule has 5 aliphatic rings. The van der Waals surface area contributed by atoms with Crippen LogP contribution in [0.15, 0.2) is 35.5 Å². The van der Waals surface area contributed by atoms with Gasteiger partial charge in [0.25, 0.3) is 0 Å². The normalized spacial score (nSPS) is 35.2. The van der Waals surface area contributed by atoms with Gasteiger partial charge in [0.1, 0.15) is 6.10 Å². The number of allylic oxidation sites excluding steroid dienone is 1. The van der Waals surface area contributed by atoms with E-state index in [-0.39, 0.29) is 70.8 Å². The van der Waals surface area contributed by atoms with Crippen molar-refractivity contribution in [3.63, 3.8) is 0 Å². The number of carboxylic acid groups (broad SMARTS) is 1. The lowest BCUT2D eigenvalue weighted by Gasteiger charge is -2.72. The van der Waals surface area contributed by atoms with Crippen molar-refractivity contribution in [3.05, 3.63) is 41.2 Å². The number of amides is 1. The molecule has 0 radical (unpaired) electrons. The molecule has 4 saturated carbocycles. The highest BCUT2D eigenvalue weighted by Gasteiger charge is 2.71. The Morgan fingerprint density at radius 1 is 0.947 bits per heavy atom. The maximum absolute atomic E-state index is 14.3. The van der Waals surface area contributed by atoms with Crippen LogP contribution >= 0.6 is 0 Å². The number of hydrogen-bond donors (Lipinski definition) is 2. The van der Waals surface area contributed by atoms with Gasteiger partial charge in [-0.3, -0.25) is 24.2 Å². The Kier molecular flexibility index (Phi) is 11.6. The summed E-state index contributed by atoms with van der Waals surface area (Å²) < 4.78 is 6.18. The first kappa shape index (κ1) is 43.5. The zero-order chi connectivity index (χ0) is 42.1. The van der Waals surface area contributed by atoms with E-state index in [1.807, 2.05) is 37.2 Å². The molecular weight excluding hydrogens is 719 g/mol. The van der Waals surface area contributed by atoms with E-state index in [9.17, 15) is 29.4 Å². The van der Waals surface area contributed by atoms with Crippen molar-refractivity contribution in [2.24, 2.45) is 56.2 Å². The number of Topliss-reactive ketones (excluding diaryl/α,β-unsaturated/α-hetero) is 1. The molecule has 10 heteroatoms. The summed E-state index contributed by atoms with van der Waals surface area (Å²) in [5, 5.41) is 22.2. The number of esters is 1. The van der Waals surface area contributed by atoms with Crippen molar-refractivity contribution in [3.8, 4) is 0 Å². The lowest BCUT2D eigenvalue weighted by atomic mass is 9.33. The molecule has 57 heavy (non-hydrogen) atoms. The lowest BCUT2D eigenvalue weighted by molar-refractivity contribution is -0.235. The number of likely N-dealkylation sites (N-methyl/N-ethyl adjacent to an activating group) is 1. The molecule has 0 aliphatic heterocycles. The third-order valence-corrected chi connectivity index (χ3v) is 16.8. The van der Waals surface area contributed by atoms with Crippen molar-refractivity contribution in [1.29, 1.82) is 0 Å². The number of nitrogens with zero attached hydrogens (tertiary/aromatic N) is 3. The molecule has 6 rings (SSSR count). The first-order chi connectivity index (χ1) is 26.4. The second-order valence-corrected chi connectivity index (χ2v) is 21.4. The molecule has 10 nitrogen and oxygen atoms in total. The number of aliphatic carboxylic acids is 1. The summed E-state index contributed by atoms with van der Waals surface area (Å²) in [6, 6.07) is 5.68. The Morgan fingerprint density at radius 3 is 2.26 bits per heavy atom. The summed E-state index contributed by atoms with van der Waals surface area (Å²) in [4.78, 5) is 61.1. The summed E-state index contributed by atoms with van der Waals surface area (Å²) in [5.74, 6) is -0.419. The van der Waals surface area contributed by atoms with E-state index < -0.39 is 28.9 Å². The van der Waals surface area contributed by atoms with Gasteiger partial charge in [-0.05, 0) is 137 Å². The molecule has 5 aliphatic carbocycles. The maximum Gasteiger partial charge on any atom is 0.309 e. The van der Waals surface area contributed by atoms with E-state index in [0.29, 0.717) is 31.2 Å². The molecular formula is C47H71N3O7. The molecule has 1 heterocycles. The minimum absolute atomic E-state index is 0.0152. The molecule has 2 unspecified atom stereocenters. The first-order valence-corrected chi connectivity index (χ1v) is 21.7. The minimum Gasteiger partial charge on any atom is -0.481 e. The molecule has 1 aromatic heterocycles. The minimum atomic E-state index is -1.18. The van der Waals surface area contributed by atoms with Crippen LogP contribution in [0.2, 0.25) is 0 Å². The molecule has 0 aromatic carbocycles. The van der Waals surface area contributed by atoms with Crippen LogP contribution in [-0.4, -0.2) is 88.0 Å². The van der Waals surface area contributed by atoms with Crippen LogP contribution in [0.4, 0.5) is 0 Å². The number of pyridine rings is 1. The number of hydrogen-bond acceptors (Lipinski definition) is 8. The average Bonchev–Trinajstić information content (AvgIpc) is 3.42. The Hall–Kier alpha value is -3.11. The van der Waals surface area contributed by atoms with Crippen LogP contribution in [0.25, 0.3) is 0 Å². The van der Waals surface area contributed by atoms with Gasteiger partial charge in [-0.1, -0.05) is 60.1 Å². The summed E-state index contributed by atoms with van der Waals surface area (Å²) in [5.41, 5.74) is 0.583. The van der Waals surface area contributed by atoms with Gasteiger partial charge in [-0.15, -0.1) is 0 Å². The maximum atomic E-state index is 14.3. The Balaban J connectivity index is 1.30. The second-order valence-electron chi connectivity index (χ2n) is 21.4. The second kappa shape index (κ2) is 15.2. The van der Waals surface area contributed by atoms with Crippen molar-refractivity contribution in [2.45, 2.75) is 145 Å². The van der Waals surface area contributed by atoms with E-state index in [1.54, 1.807) is 24.9 Å². The quantitative estimate of drug-likeness (QED) is 0.204. The summed E-state index contributed by atoms with van der Waals surface area (Å²) in [6.07, 6.45) is 8.01. The van der Waals surface area contributed by atoms with Crippen LogP contribution in [0.1, 0.15) is 132 Å². The number of rotatable bonds is 12. The van der Waals surface area contributed by atoms with Crippen molar-refractivity contribution >= 4 is 23.6 Å². The van der Waals surface area contributed by atoms with Crippen LogP contribution in [0, 0.1) is 56.2 Å². The predicted octanol–water partition coefficient (Wildman–Crippen LogP) is 7.73. The highest BCUT2D eigenvalue weighted by atomic mass is 16.5. The fourth-order valence-electron chi connectivity index (χ4n) is 13.6. The van der Waals surface area contributed by atoms with Gasteiger partial charge in [0.05, 0.1) is 36.7 Å². The number of carboxylic acids is 1. The summed E-state index contributed by atoms with van der Waals surface area (Å²) in [6.45, 7) is 20.1. The highest BCUT2D eigenvalue weighted by molar-refractivity contribution is 6.00. The molecule has 316 valence electrons. The van der Waals surface area contributed by atoms with Crippen LogP contribution in [0.5, 0.6) is 0 Å². The molecule has 4 fully saturated rings. The molecule has 0 saturated heterocycles. The number of aliphatic hydroxyl groups is 1. The van der Waals surface area contributed by atoms with Gasteiger partial charge < -0.3 is 24.7 Å². The van der Waals surface area contributed by atoms with Gasteiger partial charge in [0.15, 0.2) is 5.78 Å². The molecule has 9 atom stereocenters. The monoisotopic (exact) mass is 790 g/mol. The summed E-state index contributed by atoms with van der Waals surface area (Å²) in [7, 11) is 3.74. The predicted molar refractivity (Wildman–Crippen MR) is 220 cm³/mol. The lowest BCUT2D eigenvalue weighted by Crippen LogP contribution is -2.66. The average molecular weight is 790 g/mol.